The lowest BCUT2D eigenvalue weighted by atomic mass is 9.81. The quantitative estimate of drug-likeness (QED) is 0.290. The highest BCUT2D eigenvalue weighted by molar-refractivity contribution is 6.07. The molecule has 1 amide bonds. The number of nitrogens with zero attached hydrogens (tertiary/aromatic N) is 1. The van der Waals surface area contributed by atoms with E-state index < -0.39 is 0 Å². The lowest BCUT2D eigenvalue weighted by Crippen LogP contribution is -2.30. The average Bonchev–Trinajstić information content (AvgIpc) is 2.88. The summed E-state index contributed by atoms with van der Waals surface area (Å²) in [4.78, 5) is 15.5. The van der Waals surface area contributed by atoms with Crippen molar-refractivity contribution in [3.8, 4) is 17.2 Å². The number of benzene rings is 4. The maximum atomic E-state index is 13.9. The summed E-state index contributed by atoms with van der Waals surface area (Å²) >= 11 is 0. The van der Waals surface area contributed by atoms with Crippen molar-refractivity contribution in [2.45, 2.75) is 39.2 Å². The minimum Gasteiger partial charge on any atom is -0.506 e. The molecule has 0 aliphatic rings. The molecule has 0 aliphatic heterocycles. The molecule has 0 radical (unpaired) electrons. The first kappa shape index (κ1) is 24.1. The van der Waals surface area contributed by atoms with Crippen molar-refractivity contribution in [2.24, 2.45) is 0 Å². The molecular formula is C31H31NO3. The number of aromatic hydroxyl groups is 1. The predicted octanol–water partition coefficient (Wildman–Crippen LogP) is 7.72. The minimum absolute atomic E-state index is 0.0567. The van der Waals surface area contributed by atoms with Gasteiger partial charge in [-0.3, -0.25) is 4.79 Å². The highest BCUT2D eigenvalue weighted by Crippen LogP contribution is 2.38. The molecule has 178 valence electrons. The first-order valence-electron chi connectivity index (χ1n) is 11.9. The van der Waals surface area contributed by atoms with Crippen LogP contribution in [-0.2, 0) is 12.0 Å². The Balaban J connectivity index is 1.77. The maximum absolute atomic E-state index is 13.9. The smallest absolute Gasteiger partial charge is 0.258 e. The van der Waals surface area contributed by atoms with Gasteiger partial charge in [-0.2, -0.15) is 0 Å². The van der Waals surface area contributed by atoms with E-state index in [2.05, 4.69) is 20.8 Å². The SMILES string of the molecule is CCC(C)(C)c1ccc(C(=O)N(Cc2ccccc2)c2ccccc2O)cc1Oc1ccccc1. The molecule has 0 atom stereocenters. The van der Waals surface area contributed by atoms with E-state index in [1.807, 2.05) is 84.9 Å². The third-order valence-corrected chi connectivity index (χ3v) is 6.41. The summed E-state index contributed by atoms with van der Waals surface area (Å²) < 4.78 is 6.30. The predicted molar refractivity (Wildman–Crippen MR) is 141 cm³/mol. The van der Waals surface area contributed by atoms with Crippen LogP contribution >= 0.6 is 0 Å². The van der Waals surface area contributed by atoms with E-state index in [1.54, 1.807) is 23.1 Å². The number of anilines is 1. The molecule has 4 rings (SSSR count). The normalized spacial score (nSPS) is 11.2. The molecule has 4 nitrogen and oxygen atoms in total. The number of phenols is 1. The molecule has 0 fully saturated rings. The Labute approximate surface area is 207 Å². The van der Waals surface area contributed by atoms with Gasteiger partial charge in [0.15, 0.2) is 0 Å². The van der Waals surface area contributed by atoms with Crippen molar-refractivity contribution in [1.82, 2.24) is 0 Å². The fraction of sp³-hybridized carbons (Fsp3) is 0.194. The van der Waals surface area contributed by atoms with Crippen LogP contribution in [0.2, 0.25) is 0 Å². The molecule has 0 aromatic heterocycles. The summed E-state index contributed by atoms with van der Waals surface area (Å²) in [5.74, 6) is 1.22. The Hall–Kier alpha value is -4.05. The second-order valence-corrected chi connectivity index (χ2v) is 9.23. The van der Waals surface area contributed by atoms with Gasteiger partial charge in [0.1, 0.15) is 17.2 Å². The van der Waals surface area contributed by atoms with Crippen LogP contribution in [0.5, 0.6) is 17.2 Å². The van der Waals surface area contributed by atoms with E-state index in [4.69, 9.17) is 4.74 Å². The molecular weight excluding hydrogens is 434 g/mol. The third kappa shape index (κ3) is 5.55. The van der Waals surface area contributed by atoms with E-state index in [0.29, 0.717) is 29.3 Å². The largest absolute Gasteiger partial charge is 0.506 e. The second kappa shape index (κ2) is 10.5. The van der Waals surface area contributed by atoms with Gasteiger partial charge in [-0.25, -0.2) is 0 Å². The van der Waals surface area contributed by atoms with Gasteiger partial charge in [0.25, 0.3) is 5.91 Å². The van der Waals surface area contributed by atoms with Crippen molar-refractivity contribution in [3.63, 3.8) is 0 Å². The lowest BCUT2D eigenvalue weighted by molar-refractivity contribution is 0.0984. The van der Waals surface area contributed by atoms with E-state index in [0.717, 1.165) is 17.5 Å². The third-order valence-electron chi connectivity index (χ3n) is 6.41. The highest BCUT2D eigenvalue weighted by atomic mass is 16.5. The average molecular weight is 466 g/mol. The Kier molecular flexibility index (Phi) is 7.21. The van der Waals surface area contributed by atoms with E-state index in [-0.39, 0.29) is 17.1 Å². The van der Waals surface area contributed by atoms with Crippen molar-refractivity contribution in [2.75, 3.05) is 4.90 Å². The Bertz CT molecular complexity index is 1280. The zero-order valence-electron chi connectivity index (χ0n) is 20.4. The number of rotatable bonds is 8. The van der Waals surface area contributed by atoms with E-state index >= 15 is 0 Å². The summed E-state index contributed by atoms with van der Waals surface area (Å²) in [6.45, 7) is 6.82. The van der Waals surface area contributed by atoms with Crippen molar-refractivity contribution in [3.05, 3.63) is 120 Å². The number of ether oxygens (including phenoxy) is 1. The van der Waals surface area contributed by atoms with Gasteiger partial charge in [-0.15, -0.1) is 0 Å². The van der Waals surface area contributed by atoms with Crippen LogP contribution < -0.4 is 9.64 Å². The number of carbonyl (C=O) groups excluding carboxylic acids is 1. The Morgan fingerprint density at radius 1 is 0.857 bits per heavy atom. The van der Waals surface area contributed by atoms with Crippen LogP contribution in [0.1, 0.15) is 48.7 Å². The molecule has 0 heterocycles. The molecule has 0 saturated heterocycles. The molecule has 0 aliphatic carbocycles. The molecule has 4 heteroatoms. The molecule has 0 saturated carbocycles. The topological polar surface area (TPSA) is 49.8 Å². The second-order valence-electron chi connectivity index (χ2n) is 9.23. The minimum atomic E-state index is -0.214. The van der Waals surface area contributed by atoms with Crippen LogP contribution in [0.4, 0.5) is 5.69 Å². The zero-order valence-corrected chi connectivity index (χ0v) is 20.4. The molecule has 0 bridgehead atoms. The highest BCUT2D eigenvalue weighted by Gasteiger charge is 2.26. The van der Waals surface area contributed by atoms with E-state index in [9.17, 15) is 9.90 Å². The number of para-hydroxylation sites is 3. The van der Waals surface area contributed by atoms with Crippen LogP contribution in [0.15, 0.2) is 103 Å². The lowest BCUT2D eigenvalue weighted by Gasteiger charge is -2.28. The van der Waals surface area contributed by atoms with Gasteiger partial charge in [0, 0.05) is 11.1 Å². The molecule has 0 unspecified atom stereocenters. The number of hydrogen-bond donors (Lipinski definition) is 1. The van der Waals surface area contributed by atoms with Crippen LogP contribution in [0.3, 0.4) is 0 Å². The van der Waals surface area contributed by atoms with Gasteiger partial charge in [0.05, 0.1) is 12.2 Å². The van der Waals surface area contributed by atoms with Gasteiger partial charge in [0.2, 0.25) is 0 Å². The molecule has 35 heavy (non-hydrogen) atoms. The van der Waals surface area contributed by atoms with Crippen molar-refractivity contribution < 1.29 is 14.6 Å². The van der Waals surface area contributed by atoms with E-state index in [1.165, 1.54) is 0 Å². The molecule has 4 aromatic rings. The fourth-order valence-corrected chi connectivity index (χ4v) is 3.99. The Morgan fingerprint density at radius 3 is 2.14 bits per heavy atom. The fourth-order valence-electron chi connectivity index (χ4n) is 3.99. The van der Waals surface area contributed by atoms with Gasteiger partial charge >= 0.3 is 0 Å². The Morgan fingerprint density at radius 2 is 1.49 bits per heavy atom. The van der Waals surface area contributed by atoms with Gasteiger partial charge in [-0.1, -0.05) is 87.5 Å². The summed E-state index contributed by atoms with van der Waals surface area (Å²) in [6, 6.07) is 31.9. The summed E-state index contributed by atoms with van der Waals surface area (Å²) in [5, 5.41) is 10.6. The monoisotopic (exact) mass is 465 g/mol. The summed E-state index contributed by atoms with van der Waals surface area (Å²) in [5.41, 5.74) is 2.83. The molecule has 0 spiro atoms. The van der Waals surface area contributed by atoms with Crippen LogP contribution in [-0.4, -0.2) is 11.0 Å². The first-order chi connectivity index (χ1) is 16.9. The maximum Gasteiger partial charge on any atom is 0.258 e. The first-order valence-corrected chi connectivity index (χ1v) is 11.9. The number of phenolic OH excluding ortho intramolecular Hbond substituents is 1. The van der Waals surface area contributed by atoms with Crippen LogP contribution in [0.25, 0.3) is 0 Å². The zero-order chi connectivity index (χ0) is 24.8. The standard InChI is InChI=1S/C31H31NO3/c1-4-31(2,3)26-20-19-24(21-29(26)35-25-15-9-6-10-16-25)30(34)32(22-23-13-7-5-8-14-23)27-17-11-12-18-28(27)33/h5-21,33H,4,22H2,1-3H3. The van der Waals surface area contributed by atoms with Gasteiger partial charge in [-0.05, 0) is 53.8 Å². The van der Waals surface area contributed by atoms with Crippen LogP contribution in [0, 0.1) is 0 Å². The van der Waals surface area contributed by atoms with Crippen molar-refractivity contribution >= 4 is 11.6 Å². The number of amides is 1. The number of hydrogen-bond acceptors (Lipinski definition) is 3. The summed E-state index contributed by atoms with van der Waals surface area (Å²) in [7, 11) is 0. The number of carbonyl (C=O) groups is 1. The van der Waals surface area contributed by atoms with Crippen molar-refractivity contribution in [1.29, 1.82) is 0 Å². The summed E-state index contributed by atoms with van der Waals surface area (Å²) in [6.07, 6.45) is 0.920. The molecule has 4 aromatic carbocycles. The molecule has 1 N–H and O–H groups in total. The van der Waals surface area contributed by atoms with Gasteiger partial charge < -0.3 is 14.7 Å².